The molecule has 1 aromatic heterocycles. The quantitative estimate of drug-likeness (QED) is 0.881. The molecule has 2 aliphatic rings. The molecule has 0 bridgehead atoms. The zero-order valence-electron chi connectivity index (χ0n) is 11.2. The lowest BCUT2D eigenvalue weighted by Gasteiger charge is -2.36. The molecule has 2 unspecified atom stereocenters. The third-order valence-electron chi connectivity index (χ3n) is 3.89. The van der Waals surface area contributed by atoms with Crippen molar-refractivity contribution in [2.24, 2.45) is 12.8 Å². The second-order valence-electron chi connectivity index (χ2n) is 5.23. The fourth-order valence-electron chi connectivity index (χ4n) is 2.72. The molecule has 19 heavy (non-hydrogen) atoms. The number of hydrogen-bond donors (Lipinski definition) is 1. The first kappa shape index (κ1) is 13.4. The molecule has 0 radical (unpaired) electrons. The molecule has 1 aromatic rings. The Balaban J connectivity index is 1.67. The molecule has 106 valence electrons. The largest absolute Gasteiger partial charge is 0.378 e. The van der Waals surface area contributed by atoms with E-state index in [1.54, 1.807) is 11.8 Å². The Labute approximate surface area is 117 Å². The number of nitrogens with zero attached hydrogens (tertiary/aromatic N) is 3. The van der Waals surface area contributed by atoms with Gasteiger partial charge in [-0.25, -0.2) is 0 Å². The molecule has 2 atom stereocenters. The molecular weight excluding hydrogens is 264 g/mol. The number of ether oxygens (including phenoxy) is 2. The zero-order valence-corrected chi connectivity index (χ0v) is 12.0. The van der Waals surface area contributed by atoms with Gasteiger partial charge in [-0.15, -0.1) is 10.2 Å². The van der Waals surface area contributed by atoms with E-state index in [0.29, 0.717) is 11.8 Å². The fourth-order valence-corrected chi connectivity index (χ4v) is 3.97. The summed E-state index contributed by atoms with van der Waals surface area (Å²) in [6.07, 6.45) is 3.09. The van der Waals surface area contributed by atoms with Gasteiger partial charge in [-0.2, -0.15) is 0 Å². The van der Waals surface area contributed by atoms with E-state index in [9.17, 15) is 0 Å². The van der Waals surface area contributed by atoms with E-state index >= 15 is 0 Å². The van der Waals surface area contributed by atoms with E-state index in [-0.39, 0.29) is 5.60 Å². The molecule has 3 heterocycles. The van der Waals surface area contributed by atoms with Gasteiger partial charge in [-0.1, -0.05) is 11.8 Å². The molecule has 0 aromatic carbocycles. The van der Waals surface area contributed by atoms with Crippen LogP contribution in [0.3, 0.4) is 0 Å². The summed E-state index contributed by atoms with van der Waals surface area (Å²) >= 11 is 1.79. The highest BCUT2D eigenvalue weighted by Crippen LogP contribution is 2.39. The number of thioether (sulfide) groups is 1. The molecule has 0 saturated carbocycles. The standard InChI is InChI=1S/C12H20N4O2S/c1-16-10(7-13)14-15-11(16)19-9-2-4-18-12(6-9)3-5-17-8-12/h9H,2-8,13H2,1H3. The summed E-state index contributed by atoms with van der Waals surface area (Å²) in [6, 6.07) is 0. The minimum absolute atomic E-state index is 0.0504. The molecule has 3 rings (SSSR count). The van der Waals surface area contributed by atoms with Crippen LogP contribution in [0.4, 0.5) is 0 Å². The van der Waals surface area contributed by atoms with Gasteiger partial charge in [0.25, 0.3) is 0 Å². The summed E-state index contributed by atoms with van der Waals surface area (Å²) < 4.78 is 13.4. The first-order valence-corrected chi connectivity index (χ1v) is 7.57. The van der Waals surface area contributed by atoms with Crippen molar-refractivity contribution < 1.29 is 9.47 Å². The molecular formula is C12H20N4O2S. The Bertz CT molecular complexity index is 445. The second kappa shape index (κ2) is 5.40. The van der Waals surface area contributed by atoms with Gasteiger partial charge >= 0.3 is 0 Å². The highest BCUT2D eigenvalue weighted by Gasteiger charge is 2.41. The van der Waals surface area contributed by atoms with Crippen molar-refractivity contribution in [2.45, 2.75) is 41.8 Å². The summed E-state index contributed by atoms with van der Waals surface area (Å²) in [4.78, 5) is 0. The topological polar surface area (TPSA) is 75.2 Å². The highest BCUT2D eigenvalue weighted by atomic mass is 32.2. The van der Waals surface area contributed by atoms with Gasteiger partial charge in [-0.3, -0.25) is 0 Å². The SMILES string of the molecule is Cn1c(CN)nnc1SC1CCOC2(CCOC2)C1. The molecule has 7 heteroatoms. The van der Waals surface area contributed by atoms with Gasteiger partial charge in [0, 0.05) is 31.9 Å². The van der Waals surface area contributed by atoms with Crippen molar-refractivity contribution >= 4 is 11.8 Å². The van der Waals surface area contributed by atoms with Gasteiger partial charge in [-0.05, 0) is 12.8 Å². The Hall–Kier alpha value is -0.630. The van der Waals surface area contributed by atoms with Crippen LogP contribution in [0, 0.1) is 0 Å². The second-order valence-corrected chi connectivity index (χ2v) is 6.50. The minimum atomic E-state index is -0.0504. The molecule has 6 nitrogen and oxygen atoms in total. The van der Waals surface area contributed by atoms with Crippen molar-refractivity contribution in [3.8, 4) is 0 Å². The Morgan fingerprint density at radius 3 is 3.05 bits per heavy atom. The Morgan fingerprint density at radius 1 is 1.47 bits per heavy atom. The van der Waals surface area contributed by atoms with Crippen molar-refractivity contribution in [2.75, 3.05) is 19.8 Å². The van der Waals surface area contributed by atoms with E-state index in [1.165, 1.54) is 0 Å². The van der Waals surface area contributed by atoms with Crippen LogP contribution >= 0.6 is 11.8 Å². The maximum Gasteiger partial charge on any atom is 0.191 e. The van der Waals surface area contributed by atoms with Crippen molar-refractivity contribution in [3.63, 3.8) is 0 Å². The molecule has 2 fully saturated rings. The smallest absolute Gasteiger partial charge is 0.191 e. The maximum atomic E-state index is 5.95. The average molecular weight is 284 g/mol. The third kappa shape index (κ3) is 2.65. The minimum Gasteiger partial charge on any atom is -0.378 e. The monoisotopic (exact) mass is 284 g/mol. The van der Waals surface area contributed by atoms with Crippen LogP contribution in [0.2, 0.25) is 0 Å². The zero-order chi connectivity index (χ0) is 13.3. The average Bonchev–Trinajstić information content (AvgIpc) is 2.99. The van der Waals surface area contributed by atoms with E-state index in [0.717, 1.165) is 50.1 Å². The Morgan fingerprint density at radius 2 is 2.37 bits per heavy atom. The molecule has 0 amide bonds. The molecule has 1 spiro atoms. The summed E-state index contributed by atoms with van der Waals surface area (Å²) in [5.74, 6) is 0.827. The molecule has 0 aliphatic carbocycles. The number of hydrogen-bond acceptors (Lipinski definition) is 6. The fraction of sp³-hybridized carbons (Fsp3) is 0.833. The van der Waals surface area contributed by atoms with E-state index in [1.807, 2.05) is 11.6 Å². The lowest BCUT2D eigenvalue weighted by atomic mass is 9.93. The van der Waals surface area contributed by atoms with Crippen LogP contribution in [-0.2, 0) is 23.1 Å². The van der Waals surface area contributed by atoms with Gasteiger partial charge in [0.15, 0.2) is 5.16 Å². The Kier molecular flexibility index (Phi) is 3.79. The highest BCUT2D eigenvalue weighted by molar-refractivity contribution is 7.99. The predicted molar refractivity (Wildman–Crippen MR) is 71.9 cm³/mol. The van der Waals surface area contributed by atoms with Crippen LogP contribution in [0.25, 0.3) is 0 Å². The van der Waals surface area contributed by atoms with Crippen LogP contribution < -0.4 is 5.73 Å². The van der Waals surface area contributed by atoms with Crippen LogP contribution in [-0.4, -0.2) is 45.4 Å². The number of rotatable bonds is 3. The lowest BCUT2D eigenvalue weighted by Crippen LogP contribution is -2.41. The van der Waals surface area contributed by atoms with Gasteiger partial charge in [0.2, 0.25) is 0 Å². The van der Waals surface area contributed by atoms with Crippen LogP contribution in [0.5, 0.6) is 0 Å². The molecule has 2 saturated heterocycles. The van der Waals surface area contributed by atoms with Crippen LogP contribution in [0.1, 0.15) is 25.1 Å². The van der Waals surface area contributed by atoms with E-state index < -0.39 is 0 Å². The number of nitrogens with two attached hydrogens (primary N) is 1. The summed E-state index contributed by atoms with van der Waals surface area (Å²) in [6.45, 7) is 2.79. The van der Waals surface area contributed by atoms with Gasteiger partial charge < -0.3 is 19.8 Å². The number of aromatic nitrogens is 3. The first-order valence-electron chi connectivity index (χ1n) is 6.69. The van der Waals surface area contributed by atoms with E-state index in [4.69, 9.17) is 15.2 Å². The summed E-state index contributed by atoms with van der Waals surface area (Å²) in [7, 11) is 1.97. The van der Waals surface area contributed by atoms with Gasteiger partial charge in [0.05, 0.1) is 18.8 Å². The van der Waals surface area contributed by atoms with E-state index in [2.05, 4.69) is 10.2 Å². The first-order chi connectivity index (χ1) is 9.22. The maximum absolute atomic E-state index is 5.95. The van der Waals surface area contributed by atoms with Crippen molar-refractivity contribution in [1.29, 1.82) is 0 Å². The summed E-state index contributed by atoms with van der Waals surface area (Å²) in [5.41, 5.74) is 5.57. The van der Waals surface area contributed by atoms with Crippen molar-refractivity contribution in [1.82, 2.24) is 14.8 Å². The normalized spacial score (nSPS) is 31.2. The molecule has 2 N–H and O–H groups in total. The van der Waals surface area contributed by atoms with Gasteiger partial charge in [0.1, 0.15) is 5.82 Å². The van der Waals surface area contributed by atoms with Crippen LogP contribution in [0.15, 0.2) is 5.16 Å². The molecule has 2 aliphatic heterocycles. The third-order valence-corrected chi connectivity index (χ3v) is 5.20. The van der Waals surface area contributed by atoms with Crippen molar-refractivity contribution in [3.05, 3.63) is 5.82 Å². The predicted octanol–water partition coefficient (Wildman–Crippen LogP) is 0.704. The summed E-state index contributed by atoms with van der Waals surface area (Å²) in [5, 5.41) is 9.78. The lowest BCUT2D eigenvalue weighted by molar-refractivity contribution is -0.0770.